The van der Waals surface area contributed by atoms with Crippen molar-refractivity contribution in [2.45, 2.75) is 90.4 Å². The number of hydrogen-bond donors (Lipinski definition) is 0. The van der Waals surface area contributed by atoms with Gasteiger partial charge in [-0.15, -0.1) is 0 Å². The van der Waals surface area contributed by atoms with E-state index < -0.39 is 0 Å². The summed E-state index contributed by atoms with van der Waals surface area (Å²) in [5.41, 5.74) is 10.1. The Morgan fingerprint density at radius 1 is 0.565 bits per heavy atom. The van der Waals surface area contributed by atoms with Crippen molar-refractivity contribution in [2.24, 2.45) is 11.8 Å². The zero-order chi connectivity index (χ0) is 31.1. The third-order valence-electron chi connectivity index (χ3n) is 9.98. The second kappa shape index (κ2) is 14.4. The van der Waals surface area contributed by atoms with E-state index in [1.807, 2.05) is 27.5 Å². The number of benzene rings is 2. The number of imidazole rings is 2. The summed E-state index contributed by atoms with van der Waals surface area (Å²) in [5.74, 6) is 1.61. The Hall–Kier alpha value is -4.32. The molecule has 0 saturated heterocycles. The zero-order valence-corrected chi connectivity index (χ0v) is 27.2. The Kier molecular flexibility index (Phi) is 9.50. The maximum atomic E-state index is 4.92. The molecule has 46 heavy (non-hydrogen) atoms. The van der Waals surface area contributed by atoms with E-state index in [9.17, 15) is 0 Å². The second-order valence-electron chi connectivity index (χ2n) is 13.3. The van der Waals surface area contributed by atoms with Gasteiger partial charge in [-0.25, -0.2) is 19.0 Å². The fraction of sp³-hybridized carbons (Fsp3) is 0.400. The lowest BCUT2D eigenvalue weighted by molar-refractivity contribution is 0.353. The summed E-state index contributed by atoms with van der Waals surface area (Å²) >= 11 is 0. The van der Waals surface area contributed by atoms with E-state index in [0.29, 0.717) is 0 Å². The SMILES string of the molecule is CCc1cccc(-c2cnc3ccc(CC4CCCCC4)nn23)c1.c1ccc(-c2cnc3ccc(CC4CCCCC4)nn23)cc1. The van der Waals surface area contributed by atoms with Gasteiger partial charge in [0.2, 0.25) is 0 Å². The highest BCUT2D eigenvalue weighted by Gasteiger charge is 2.17. The van der Waals surface area contributed by atoms with E-state index in [2.05, 4.69) is 89.7 Å². The lowest BCUT2D eigenvalue weighted by Crippen LogP contribution is -2.11. The first-order chi connectivity index (χ1) is 22.7. The summed E-state index contributed by atoms with van der Waals surface area (Å²) in [6.07, 6.45) is 20.9. The van der Waals surface area contributed by atoms with Crippen LogP contribution in [0, 0.1) is 11.8 Å². The molecule has 6 nitrogen and oxygen atoms in total. The van der Waals surface area contributed by atoms with Crippen LogP contribution in [0.15, 0.2) is 91.3 Å². The normalized spacial score (nSPS) is 16.0. The van der Waals surface area contributed by atoms with Crippen molar-refractivity contribution in [3.63, 3.8) is 0 Å². The summed E-state index contributed by atoms with van der Waals surface area (Å²) in [7, 11) is 0. The largest absolute Gasteiger partial charge is 0.235 e. The molecule has 0 unspecified atom stereocenters. The Labute approximate surface area is 272 Å². The average molecular weight is 611 g/mol. The van der Waals surface area contributed by atoms with Crippen molar-refractivity contribution < 1.29 is 0 Å². The molecular weight excluding hydrogens is 564 g/mol. The van der Waals surface area contributed by atoms with Crippen LogP contribution in [0.25, 0.3) is 33.8 Å². The van der Waals surface area contributed by atoms with Crippen molar-refractivity contribution in [1.29, 1.82) is 0 Å². The molecule has 0 amide bonds. The van der Waals surface area contributed by atoms with Gasteiger partial charge in [-0.2, -0.15) is 10.2 Å². The highest BCUT2D eigenvalue weighted by Crippen LogP contribution is 2.28. The van der Waals surface area contributed by atoms with Crippen molar-refractivity contribution in [3.8, 4) is 22.5 Å². The molecule has 6 heteroatoms. The molecule has 0 atom stereocenters. The van der Waals surface area contributed by atoms with Gasteiger partial charge in [0.15, 0.2) is 11.3 Å². The molecule has 2 fully saturated rings. The van der Waals surface area contributed by atoms with Crippen molar-refractivity contribution in [1.82, 2.24) is 29.2 Å². The molecule has 0 bridgehead atoms. The third-order valence-corrected chi connectivity index (χ3v) is 9.98. The molecule has 0 radical (unpaired) electrons. The highest BCUT2D eigenvalue weighted by atomic mass is 15.3. The van der Waals surface area contributed by atoms with Crippen LogP contribution in [0.4, 0.5) is 0 Å². The first-order valence-corrected chi connectivity index (χ1v) is 17.6. The third kappa shape index (κ3) is 7.06. The minimum atomic E-state index is 0.805. The Morgan fingerprint density at radius 2 is 1.09 bits per heavy atom. The topological polar surface area (TPSA) is 60.4 Å². The maximum Gasteiger partial charge on any atom is 0.154 e. The minimum absolute atomic E-state index is 0.805. The molecule has 4 aromatic heterocycles. The Morgan fingerprint density at radius 3 is 1.63 bits per heavy atom. The van der Waals surface area contributed by atoms with Gasteiger partial charge in [-0.3, -0.25) is 0 Å². The number of hydrogen-bond acceptors (Lipinski definition) is 4. The fourth-order valence-electron chi connectivity index (χ4n) is 7.37. The highest BCUT2D eigenvalue weighted by molar-refractivity contribution is 5.64. The van der Waals surface area contributed by atoms with Crippen LogP contribution in [-0.4, -0.2) is 29.2 Å². The predicted molar refractivity (Wildman–Crippen MR) is 187 cm³/mol. The van der Waals surface area contributed by atoms with Gasteiger partial charge in [0.25, 0.3) is 0 Å². The van der Waals surface area contributed by atoms with Gasteiger partial charge in [-0.05, 0) is 67.0 Å². The van der Waals surface area contributed by atoms with Crippen molar-refractivity contribution in [2.75, 3.05) is 0 Å². The molecule has 8 rings (SSSR count). The van der Waals surface area contributed by atoms with Crippen LogP contribution in [0.1, 0.15) is 88.1 Å². The molecule has 236 valence electrons. The van der Waals surface area contributed by atoms with Crippen molar-refractivity contribution >= 4 is 11.3 Å². The van der Waals surface area contributed by atoms with E-state index in [4.69, 9.17) is 10.2 Å². The summed E-state index contributed by atoms with van der Waals surface area (Å²) in [5, 5.41) is 9.78. The monoisotopic (exact) mass is 610 g/mol. The number of aryl methyl sites for hydroxylation is 1. The minimum Gasteiger partial charge on any atom is -0.235 e. The van der Waals surface area contributed by atoms with Gasteiger partial charge in [0.1, 0.15) is 0 Å². The smallest absolute Gasteiger partial charge is 0.154 e. The van der Waals surface area contributed by atoms with Crippen LogP contribution < -0.4 is 0 Å². The van der Waals surface area contributed by atoms with Gasteiger partial charge < -0.3 is 0 Å². The van der Waals surface area contributed by atoms with Gasteiger partial charge >= 0.3 is 0 Å². The van der Waals surface area contributed by atoms with Gasteiger partial charge in [0, 0.05) is 11.1 Å². The van der Waals surface area contributed by atoms with Crippen LogP contribution in [0.3, 0.4) is 0 Å². The van der Waals surface area contributed by atoms with Gasteiger partial charge in [-0.1, -0.05) is 120 Å². The first-order valence-electron chi connectivity index (χ1n) is 17.6. The summed E-state index contributed by atoms with van der Waals surface area (Å²) < 4.78 is 4.01. The molecule has 2 aliphatic carbocycles. The molecule has 2 aliphatic rings. The van der Waals surface area contributed by atoms with E-state index >= 15 is 0 Å². The van der Waals surface area contributed by atoms with Crippen LogP contribution in [0.5, 0.6) is 0 Å². The molecule has 2 aromatic carbocycles. The fourth-order valence-corrected chi connectivity index (χ4v) is 7.37. The number of rotatable bonds is 7. The van der Waals surface area contributed by atoms with E-state index in [0.717, 1.165) is 59.3 Å². The second-order valence-corrected chi connectivity index (χ2v) is 13.3. The summed E-state index contributed by atoms with van der Waals surface area (Å²) in [4.78, 5) is 9.02. The van der Waals surface area contributed by atoms with Crippen LogP contribution in [0.2, 0.25) is 0 Å². The molecule has 0 spiro atoms. The number of nitrogens with zero attached hydrogens (tertiary/aromatic N) is 6. The predicted octanol–water partition coefficient (Wildman–Crippen LogP) is 9.60. The zero-order valence-electron chi connectivity index (χ0n) is 27.2. The van der Waals surface area contributed by atoms with E-state index in [1.165, 1.54) is 86.7 Å². The lowest BCUT2D eigenvalue weighted by Gasteiger charge is -2.20. The number of aromatic nitrogens is 6. The average Bonchev–Trinajstić information content (AvgIpc) is 3.74. The molecular formula is C40H46N6. The molecule has 0 N–H and O–H groups in total. The Balaban J connectivity index is 0.000000147. The van der Waals surface area contributed by atoms with E-state index in [1.54, 1.807) is 0 Å². The van der Waals surface area contributed by atoms with E-state index in [-0.39, 0.29) is 0 Å². The molecule has 0 aliphatic heterocycles. The standard InChI is InChI=1S/C21H25N3.C19H21N3/c1-2-16-9-6-10-18(13-16)20-15-22-21-12-11-19(23-24(20)21)14-17-7-4-3-5-8-17;1-3-7-15(8-4-1)13-17-11-12-19-20-14-18(22(19)21-17)16-9-5-2-6-10-16/h6,9-13,15,17H,2-5,7-8,14H2,1H3;2,5-6,9-12,14-15H,1,3-4,7-8,13H2. The van der Waals surface area contributed by atoms with Gasteiger partial charge in [0.05, 0.1) is 35.2 Å². The first kappa shape index (κ1) is 30.3. The molecule has 4 heterocycles. The quantitative estimate of drug-likeness (QED) is 0.181. The lowest BCUT2D eigenvalue weighted by atomic mass is 9.86. The number of fused-ring (bicyclic) bond motifs is 2. The van der Waals surface area contributed by atoms with Crippen LogP contribution >= 0.6 is 0 Å². The molecule has 6 aromatic rings. The van der Waals surface area contributed by atoms with Crippen LogP contribution in [-0.2, 0) is 19.3 Å². The van der Waals surface area contributed by atoms with Crippen molar-refractivity contribution in [3.05, 3.63) is 108 Å². The summed E-state index contributed by atoms with van der Waals surface area (Å²) in [6, 6.07) is 27.6. The Bertz CT molecular complexity index is 1860. The molecule has 2 saturated carbocycles. The maximum absolute atomic E-state index is 4.92. The summed E-state index contributed by atoms with van der Waals surface area (Å²) in [6.45, 7) is 2.19.